The van der Waals surface area contributed by atoms with Crippen LogP contribution in [0.1, 0.15) is 21.5 Å². The summed E-state index contributed by atoms with van der Waals surface area (Å²) in [6.07, 6.45) is -10.3. The molecule has 0 aliphatic rings. The largest absolute Gasteiger partial charge is 0.417 e. The second-order valence-electron chi connectivity index (χ2n) is 3.07. The van der Waals surface area contributed by atoms with Gasteiger partial charge < -0.3 is 0 Å². The predicted octanol–water partition coefficient (Wildman–Crippen LogP) is 5.20. The van der Waals surface area contributed by atoms with Crippen molar-refractivity contribution >= 4 is 23.2 Å². The molecule has 0 heterocycles. The lowest BCUT2D eigenvalue weighted by molar-refractivity contribution is -0.162. The van der Waals surface area contributed by atoms with Crippen LogP contribution in [0.15, 0.2) is 18.2 Å². The van der Waals surface area contributed by atoms with E-state index in [4.69, 9.17) is 23.2 Å². The zero-order chi connectivity index (χ0) is 13.4. The molecule has 1 rings (SSSR count). The van der Waals surface area contributed by atoms with Crippen LogP contribution in [0.3, 0.4) is 0 Å². The molecule has 0 bridgehead atoms. The molecule has 0 radical (unpaired) electrons. The van der Waals surface area contributed by atoms with Gasteiger partial charge in [0, 0.05) is 0 Å². The highest BCUT2D eigenvalue weighted by Crippen LogP contribution is 2.45. The third-order valence-corrected chi connectivity index (χ3v) is 2.39. The molecule has 0 fully saturated rings. The molecule has 0 aliphatic carbocycles. The van der Waals surface area contributed by atoms with Gasteiger partial charge in [0.2, 0.25) is 0 Å². The van der Waals surface area contributed by atoms with Gasteiger partial charge in [0.05, 0.1) is 11.1 Å². The molecular weight excluding hydrogens is 293 g/mol. The van der Waals surface area contributed by atoms with Crippen LogP contribution in [0.25, 0.3) is 0 Å². The fourth-order valence-electron chi connectivity index (χ4n) is 1.30. The fraction of sp³-hybridized carbons (Fsp3) is 0.333. The van der Waals surface area contributed by atoms with Crippen LogP contribution in [0, 0.1) is 0 Å². The first-order chi connectivity index (χ1) is 7.55. The molecule has 8 heteroatoms. The molecule has 0 atom stereocenters. The first-order valence-corrected chi connectivity index (χ1v) is 4.98. The monoisotopic (exact) mass is 296 g/mol. The third-order valence-electron chi connectivity index (χ3n) is 1.92. The van der Waals surface area contributed by atoms with Gasteiger partial charge in [-0.05, 0) is 11.6 Å². The van der Waals surface area contributed by atoms with E-state index in [2.05, 4.69) is 0 Å². The van der Waals surface area contributed by atoms with Gasteiger partial charge >= 0.3 is 12.4 Å². The Balaban J connectivity index is 3.58. The van der Waals surface area contributed by atoms with Crippen LogP contribution >= 0.6 is 23.2 Å². The van der Waals surface area contributed by atoms with Crippen molar-refractivity contribution < 1.29 is 26.3 Å². The Morgan fingerprint density at radius 1 is 0.882 bits per heavy atom. The lowest BCUT2D eigenvalue weighted by Gasteiger charge is -2.19. The summed E-state index contributed by atoms with van der Waals surface area (Å²) < 4.78 is 75.1. The number of hydrogen-bond donors (Lipinski definition) is 0. The molecule has 0 saturated carbocycles. The van der Waals surface area contributed by atoms with Crippen LogP contribution in [-0.4, -0.2) is 0 Å². The highest BCUT2D eigenvalue weighted by Gasteiger charge is 2.45. The molecule has 0 unspecified atom stereocenters. The van der Waals surface area contributed by atoms with Gasteiger partial charge in [0.15, 0.2) is 0 Å². The molecule has 0 aliphatic heterocycles. The molecule has 0 aromatic heterocycles. The zero-order valence-electron chi connectivity index (χ0n) is 7.83. The van der Waals surface area contributed by atoms with Crippen molar-refractivity contribution in [2.45, 2.75) is 17.2 Å². The van der Waals surface area contributed by atoms with Crippen LogP contribution in [0.4, 0.5) is 26.3 Å². The maximum absolute atomic E-state index is 12.6. The van der Waals surface area contributed by atoms with Crippen molar-refractivity contribution in [2.75, 3.05) is 0 Å². The topological polar surface area (TPSA) is 0 Å². The molecule has 0 spiro atoms. The maximum atomic E-state index is 12.6. The molecule has 1 aromatic carbocycles. The van der Waals surface area contributed by atoms with Gasteiger partial charge in [0.1, 0.15) is 4.84 Å². The van der Waals surface area contributed by atoms with Gasteiger partial charge in [0.25, 0.3) is 0 Å². The Hall–Kier alpha value is -0.620. The molecule has 1 aromatic rings. The van der Waals surface area contributed by atoms with E-state index >= 15 is 0 Å². The number of rotatable bonds is 1. The average molecular weight is 297 g/mol. The molecule has 0 N–H and O–H groups in total. The van der Waals surface area contributed by atoms with E-state index in [-0.39, 0.29) is 0 Å². The molecule has 0 amide bonds. The van der Waals surface area contributed by atoms with Gasteiger partial charge in [-0.15, -0.1) is 23.2 Å². The highest BCUT2D eigenvalue weighted by atomic mass is 35.5. The highest BCUT2D eigenvalue weighted by molar-refractivity contribution is 6.44. The lowest BCUT2D eigenvalue weighted by atomic mass is 10.0. The summed E-state index contributed by atoms with van der Waals surface area (Å²) in [6.45, 7) is 0. The summed E-state index contributed by atoms with van der Waals surface area (Å²) in [5.74, 6) is 0. The van der Waals surface area contributed by atoms with Crippen LogP contribution in [0.5, 0.6) is 0 Å². The summed E-state index contributed by atoms with van der Waals surface area (Å²) in [5, 5.41) is 0. The van der Waals surface area contributed by atoms with Crippen molar-refractivity contribution in [1.29, 1.82) is 0 Å². The summed E-state index contributed by atoms with van der Waals surface area (Å²) in [4.78, 5) is -1.69. The standard InChI is InChI=1S/C9H4Cl2F6/c10-7(11)4-2-1-3-5(8(12,13)14)6(4)9(15,16)17/h1-3,7H. The third kappa shape index (κ3) is 3.19. The quantitative estimate of drug-likeness (QED) is 0.493. The first kappa shape index (κ1) is 14.4. The number of hydrogen-bond acceptors (Lipinski definition) is 0. The summed E-state index contributed by atoms with van der Waals surface area (Å²) in [7, 11) is 0. The van der Waals surface area contributed by atoms with Crippen LogP contribution < -0.4 is 0 Å². The van der Waals surface area contributed by atoms with Crippen molar-refractivity contribution in [3.63, 3.8) is 0 Å². The van der Waals surface area contributed by atoms with Gasteiger partial charge in [-0.25, -0.2) is 0 Å². The first-order valence-electron chi connectivity index (χ1n) is 4.10. The number of benzene rings is 1. The zero-order valence-corrected chi connectivity index (χ0v) is 9.34. The van der Waals surface area contributed by atoms with Gasteiger partial charge in [-0.3, -0.25) is 0 Å². The minimum atomic E-state index is -5.18. The Morgan fingerprint density at radius 2 is 1.41 bits per heavy atom. The molecule has 0 nitrogen and oxygen atoms in total. The molecular formula is C9H4Cl2F6. The molecule has 0 saturated heterocycles. The van der Waals surface area contributed by atoms with E-state index in [9.17, 15) is 26.3 Å². The van der Waals surface area contributed by atoms with Gasteiger partial charge in [-0.1, -0.05) is 12.1 Å². The van der Waals surface area contributed by atoms with Crippen molar-refractivity contribution in [1.82, 2.24) is 0 Å². The number of halogens is 8. The van der Waals surface area contributed by atoms with E-state index in [0.717, 1.165) is 12.1 Å². The van der Waals surface area contributed by atoms with Crippen molar-refractivity contribution in [3.8, 4) is 0 Å². The summed E-state index contributed by atoms with van der Waals surface area (Å²) >= 11 is 10.5. The Bertz CT molecular complexity index is 407. The summed E-state index contributed by atoms with van der Waals surface area (Å²) in [5.41, 5.74) is -4.45. The Kier molecular flexibility index (Phi) is 3.88. The molecule has 17 heavy (non-hydrogen) atoms. The van der Waals surface area contributed by atoms with E-state index < -0.39 is 33.9 Å². The Labute approximate surface area is 102 Å². The second kappa shape index (κ2) is 4.57. The van der Waals surface area contributed by atoms with Crippen LogP contribution in [0.2, 0.25) is 0 Å². The van der Waals surface area contributed by atoms with Crippen molar-refractivity contribution in [3.05, 3.63) is 34.9 Å². The SMILES string of the molecule is FC(F)(F)c1cccc(C(Cl)Cl)c1C(F)(F)F. The van der Waals surface area contributed by atoms with Crippen molar-refractivity contribution in [2.24, 2.45) is 0 Å². The minimum Gasteiger partial charge on any atom is -0.166 e. The van der Waals surface area contributed by atoms with Crippen LogP contribution in [-0.2, 0) is 12.4 Å². The average Bonchev–Trinajstić information content (AvgIpc) is 2.13. The van der Waals surface area contributed by atoms with E-state index in [1.165, 1.54) is 0 Å². The minimum absolute atomic E-state index is 0.336. The maximum Gasteiger partial charge on any atom is 0.417 e. The van der Waals surface area contributed by atoms with E-state index in [0.29, 0.717) is 6.07 Å². The normalized spacial score (nSPS) is 13.2. The molecule has 96 valence electrons. The lowest BCUT2D eigenvalue weighted by Crippen LogP contribution is -2.18. The second-order valence-corrected chi connectivity index (χ2v) is 4.16. The smallest absolute Gasteiger partial charge is 0.166 e. The summed E-state index contributed by atoms with van der Waals surface area (Å²) in [6, 6.07) is 1.97. The predicted molar refractivity (Wildman–Crippen MR) is 50.9 cm³/mol. The van der Waals surface area contributed by atoms with E-state index in [1.807, 2.05) is 0 Å². The Morgan fingerprint density at radius 3 is 1.76 bits per heavy atom. The van der Waals surface area contributed by atoms with E-state index in [1.54, 1.807) is 0 Å². The number of alkyl halides is 8. The van der Waals surface area contributed by atoms with Gasteiger partial charge in [-0.2, -0.15) is 26.3 Å². The fourth-order valence-corrected chi connectivity index (χ4v) is 1.67.